The Kier molecular flexibility index (Phi) is 6.98. The van der Waals surface area contributed by atoms with Crippen molar-refractivity contribution in [3.63, 3.8) is 0 Å². The van der Waals surface area contributed by atoms with Gasteiger partial charge in [0.1, 0.15) is 18.1 Å². The quantitative estimate of drug-likeness (QED) is 0.324. The second-order valence-corrected chi connectivity index (χ2v) is 8.97. The van der Waals surface area contributed by atoms with Crippen molar-refractivity contribution in [2.75, 3.05) is 31.6 Å². The average molecular weight is 495 g/mol. The van der Waals surface area contributed by atoms with E-state index in [9.17, 15) is 5.11 Å². The van der Waals surface area contributed by atoms with Crippen LogP contribution in [-0.4, -0.2) is 62.5 Å². The number of aromatic nitrogens is 4. The highest BCUT2D eigenvalue weighted by molar-refractivity contribution is 6.32. The topological polar surface area (TPSA) is 108 Å². The van der Waals surface area contributed by atoms with Gasteiger partial charge in [0, 0.05) is 31.0 Å². The van der Waals surface area contributed by atoms with Crippen molar-refractivity contribution in [3.05, 3.63) is 59.6 Å². The number of likely N-dealkylation sites (tertiary alicyclic amines) is 1. The molecule has 10 heteroatoms. The van der Waals surface area contributed by atoms with E-state index < -0.39 is 0 Å². The summed E-state index contributed by atoms with van der Waals surface area (Å²) in [4.78, 5) is 10.8. The number of fused-ring (bicyclic) bond motifs is 1. The van der Waals surface area contributed by atoms with Crippen LogP contribution in [0.2, 0.25) is 5.02 Å². The SMILES string of the molecule is Cc1ccc(Oc2ccc(Nc3cncc4[nH]nc(OCCN5CCC(O)CC5)c34)cc2Cl)cn1. The first-order valence-corrected chi connectivity index (χ1v) is 12.0. The Morgan fingerprint density at radius 3 is 2.80 bits per heavy atom. The summed E-state index contributed by atoms with van der Waals surface area (Å²) in [7, 11) is 0. The van der Waals surface area contributed by atoms with E-state index in [1.807, 2.05) is 25.1 Å². The van der Waals surface area contributed by atoms with Crippen molar-refractivity contribution in [3.8, 4) is 17.4 Å². The number of nitrogens with one attached hydrogen (secondary N) is 2. The van der Waals surface area contributed by atoms with Gasteiger partial charge in [-0.3, -0.25) is 20.0 Å². The minimum atomic E-state index is -0.183. The highest BCUT2D eigenvalue weighted by atomic mass is 35.5. The van der Waals surface area contributed by atoms with E-state index in [-0.39, 0.29) is 6.10 Å². The molecule has 1 aliphatic rings. The standard InChI is InChI=1S/C25H27ClN6O3/c1-16-2-4-19(13-28-16)35-23-5-3-17(12-20(23)26)29-21-14-27-15-22-24(21)25(31-30-22)34-11-10-32-8-6-18(33)7-9-32/h2-5,12-15,18,29,33H,6-11H2,1H3,(H,30,31). The van der Waals surface area contributed by atoms with Crippen LogP contribution in [0, 0.1) is 6.92 Å². The van der Waals surface area contributed by atoms with E-state index in [0.29, 0.717) is 29.0 Å². The van der Waals surface area contributed by atoms with Crippen molar-refractivity contribution in [2.24, 2.45) is 0 Å². The average Bonchev–Trinajstić information content (AvgIpc) is 3.27. The minimum absolute atomic E-state index is 0.183. The number of hydrogen-bond acceptors (Lipinski definition) is 8. The molecule has 9 nitrogen and oxygen atoms in total. The summed E-state index contributed by atoms with van der Waals surface area (Å²) < 4.78 is 11.9. The number of aliphatic hydroxyl groups excluding tert-OH is 1. The molecule has 0 aliphatic carbocycles. The highest BCUT2D eigenvalue weighted by Crippen LogP contribution is 2.35. The van der Waals surface area contributed by atoms with Gasteiger partial charge in [0.25, 0.3) is 0 Å². The van der Waals surface area contributed by atoms with Crippen LogP contribution in [-0.2, 0) is 0 Å². The van der Waals surface area contributed by atoms with Crippen LogP contribution in [0.1, 0.15) is 18.5 Å². The Balaban J connectivity index is 1.28. The summed E-state index contributed by atoms with van der Waals surface area (Å²) in [6.45, 7) is 4.96. The highest BCUT2D eigenvalue weighted by Gasteiger charge is 2.18. The number of pyridine rings is 2. The Labute approximate surface area is 208 Å². The second-order valence-electron chi connectivity index (χ2n) is 8.57. The van der Waals surface area contributed by atoms with Gasteiger partial charge in [-0.05, 0) is 50.1 Å². The van der Waals surface area contributed by atoms with Crippen molar-refractivity contribution in [1.29, 1.82) is 0 Å². The first kappa shape index (κ1) is 23.3. The van der Waals surface area contributed by atoms with E-state index in [4.69, 9.17) is 21.1 Å². The molecule has 3 aromatic heterocycles. The van der Waals surface area contributed by atoms with Gasteiger partial charge in [0.2, 0.25) is 5.88 Å². The molecule has 4 heterocycles. The molecule has 1 saturated heterocycles. The lowest BCUT2D eigenvalue weighted by Gasteiger charge is -2.29. The molecule has 0 bridgehead atoms. The fourth-order valence-corrected chi connectivity index (χ4v) is 4.23. The lowest BCUT2D eigenvalue weighted by molar-refractivity contribution is 0.0752. The summed E-state index contributed by atoms with van der Waals surface area (Å²) in [5, 5.41) is 21.6. The number of aryl methyl sites for hydroxylation is 1. The molecule has 0 amide bonds. The van der Waals surface area contributed by atoms with E-state index in [1.165, 1.54) is 0 Å². The molecule has 0 radical (unpaired) electrons. The predicted octanol–water partition coefficient (Wildman–Crippen LogP) is 4.69. The summed E-state index contributed by atoms with van der Waals surface area (Å²) >= 11 is 6.49. The third-order valence-electron chi connectivity index (χ3n) is 5.96. The maximum Gasteiger partial charge on any atom is 0.242 e. The Hall–Kier alpha value is -3.40. The second kappa shape index (κ2) is 10.5. The van der Waals surface area contributed by atoms with E-state index >= 15 is 0 Å². The van der Waals surface area contributed by atoms with Crippen LogP contribution in [0.4, 0.5) is 11.4 Å². The first-order chi connectivity index (χ1) is 17.0. The molecule has 35 heavy (non-hydrogen) atoms. The van der Waals surface area contributed by atoms with E-state index in [0.717, 1.165) is 60.4 Å². The molecule has 5 rings (SSSR count). The van der Waals surface area contributed by atoms with Crippen LogP contribution >= 0.6 is 11.6 Å². The number of rotatable bonds is 8. The fraction of sp³-hybridized carbons (Fsp3) is 0.320. The number of H-pyrrole nitrogens is 1. The van der Waals surface area contributed by atoms with Gasteiger partial charge in [-0.2, -0.15) is 0 Å². The van der Waals surface area contributed by atoms with E-state index in [1.54, 1.807) is 30.7 Å². The minimum Gasteiger partial charge on any atom is -0.475 e. The van der Waals surface area contributed by atoms with Gasteiger partial charge >= 0.3 is 0 Å². The predicted molar refractivity (Wildman–Crippen MR) is 135 cm³/mol. The zero-order valence-electron chi connectivity index (χ0n) is 19.4. The van der Waals surface area contributed by atoms with Crippen LogP contribution in [0.25, 0.3) is 10.9 Å². The number of halogens is 1. The lowest BCUT2D eigenvalue weighted by Crippen LogP contribution is -2.38. The molecule has 1 aromatic carbocycles. The van der Waals surface area contributed by atoms with Crippen LogP contribution in [0.5, 0.6) is 17.4 Å². The van der Waals surface area contributed by atoms with Gasteiger partial charge in [-0.15, -0.1) is 5.10 Å². The zero-order valence-corrected chi connectivity index (χ0v) is 20.1. The van der Waals surface area contributed by atoms with Gasteiger partial charge < -0.3 is 19.9 Å². The molecule has 0 spiro atoms. The number of piperidine rings is 1. The lowest BCUT2D eigenvalue weighted by atomic mass is 10.1. The van der Waals surface area contributed by atoms with Crippen molar-refractivity contribution < 1.29 is 14.6 Å². The monoisotopic (exact) mass is 494 g/mol. The van der Waals surface area contributed by atoms with Crippen molar-refractivity contribution in [2.45, 2.75) is 25.9 Å². The summed E-state index contributed by atoms with van der Waals surface area (Å²) in [6, 6.07) is 9.22. The molecule has 0 atom stereocenters. The Morgan fingerprint density at radius 2 is 2.03 bits per heavy atom. The maximum absolute atomic E-state index is 9.68. The van der Waals surface area contributed by atoms with Crippen molar-refractivity contribution in [1.82, 2.24) is 25.1 Å². The number of anilines is 2. The number of ether oxygens (including phenoxy) is 2. The summed E-state index contributed by atoms with van der Waals surface area (Å²) in [5.41, 5.74) is 3.21. The number of aliphatic hydroxyl groups is 1. The Morgan fingerprint density at radius 1 is 1.17 bits per heavy atom. The van der Waals surface area contributed by atoms with E-state index in [2.05, 4.69) is 30.4 Å². The number of nitrogens with zero attached hydrogens (tertiary/aromatic N) is 4. The molecule has 1 fully saturated rings. The van der Waals surface area contributed by atoms with Crippen molar-refractivity contribution >= 4 is 33.9 Å². The molecular formula is C25H27ClN6O3. The van der Waals surface area contributed by atoms with Crippen LogP contribution in [0.15, 0.2) is 48.9 Å². The number of aromatic amines is 1. The normalized spacial score (nSPS) is 14.8. The fourth-order valence-electron chi connectivity index (χ4n) is 4.01. The van der Waals surface area contributed by atoms with Gasteiger partial charge in [-0.25, -0.2) is 0 Å². The maximum atomic E-state index is 9.68. The third-order valence-corrected chi connectivity index (χ3v) is 6.26. The summed E-state index contributed by atoms with van der Waals surface area (Å²) in [6.07, 6.45) is 6.54. The first-order valence-electron chi connectivity index (χ1n) is 11.6. The number of hydrogen-bond donors (Lipinski definition) is 3. The number of benzene rings is 1. The molecule has 0 saturated carbocycles. The van der Waals surface area contributed by atoms with Crippen LogP contribution < -0.4 is 14.8 Å². The molecule has 3 N–H and O–H groups in total. The molecule has 1 aliphatic heterocycles. The zero-order chi connectivity index (χ0) is 24.2. The largest absolute Gasteiger partial charge is 0.475 e. The van der Waals surface area contributed by atoms with Gasteiger partial charge in [0.05, 0.1) is 46.3 Å². The van der Waals surface area contributed by atoms with Crippen LogP contribution in [0.3, 0.4) is 0 Å². The molecular weight excluding hydrogens is 468 g/mol. The molecule has 182 valence electrons. The molecule has 4 aromatic rings. The third kappa shape index (κ3) is 5.64. The summed E-state index contributed by atoms with van der Waals surface area (Å²) in [5.74, 6) is 1.67. The Bertz CT molecular complexity index is 1290. The van der Waals surface area contributed by atoms with Gasteiger partial charge in [0.15, 0.2) is 0 Å². The van der Waals surface area contributed by atoms with Gasteiger partial charge in [-0.1, -0.05) is 11.6 Å². The smallest absolute Gasteiger partial charge is 0.242 e. The molecule has 0 unspecified atom stereocenters.